The van der Waals surface area contributed by atoms with Crippen molar-refractivity contribution in [2.75, 3.05) is 5.73 Å². The molecule has 0 saturated heterocycles. The molecule has 1 heterocycles. The Morgan fingerprint density at radius 2 is 2.07 bits per heavy atom. The van der Waals surface area contributed by atoms with E-state index in [1.54, 1.807) is 0 Å². The first-order valence-corrected chi connectivity index (χ1v) is 5.07. The summed E-state index contributed by atoms with van der Waals surface area (Å²) < 4.78 is 5.15. The number of carbonyl (C=O) groups excluding carboxylic acids is 1. The zero-order chi connectivity index (χ0) is 10.9. The van der Waals surface area contributed by atoms with Crippen molar-refractivity contribution in [3.05, 3.63) is 9.88 Å². The van der Waals surface area contributed by atoms with Crippen LogP contribution in [0.3, 0.4) is 0 Å². The largest absolute Gasteiger partial charge is 0.455 e. The lowest BCUT2D eigenvalue weighted by molar-refractivity contribution is 0.00693. The Bertz CT molecular complexity index is 333. The molecule has 0 amide bonds. The quantitative estimate of drug-likeness (QED) is 0.726. The molecular formula is C9H14N2O2S. The Labute approximate surface area is 87.1 Å². The lowest BCUT2D eigenvalue weighted by Crippen LogP contribution is -2.23. The molecule has 0 saturated carbocycles. The molecular weight excluding hydrogens is 200 g/mol. The molecule has 1 aromatic rings. The first-order valence-electron chi connectivity index (χ1n) is 4.26. The molecule has 0 fully saturated rings. The van der Waals surface area contributed by atoms with Crippen LogP contribution in [0.1, 0.15) is 35.5 Å². The van der Waals surface area contributed by atoms with Gasteiger partial charge in [-0.25, -0.2) is 9.78 Å². The molecule has 4 nitrogen and oxygen atoms in total. The van der Waals surface area contributed by atoms with Crippen molar-refractivity contribution >= 4 is 23.1 Å². The summed E-state index contributed by atoms with van der Waals surface area (Å²) in [5.74, 6) is -0.0156. The van der Waals surface area contributed by atoms with E-state index in [0.717, 1.165) is 4.88 Å². The van der Waals surface area contributed by atoms with E-state index in [-0.39, 0.29) is 0 Å². The normalized spacial score (nSPS) is 11.4. The lowest BCUT2D eigenvalue weighted by atomic mass is 10.2. The molecule has 2 N–H and O–H groups in total. The molecule has 0 radical (unpaired) electrons. The number of aromatic nitrogens is 1. The van der Waals surface area contributed by atoms with E-state index in [9.17, 15) is 4.79 Å². The molecule has 0 atom stereocenters. The smallest absolute Gasteiger partial charge is 0.368 e. The predicted octanol–water partition coefficient (Wildman–Crippen LogP) is 1.99. The van der Waals surface area contributed by atoms with Crippen molar-refractivity contribution in [2.24, 2.45) is 0 Å². The van der Waals surface area contributed by atoms with E-state index in [1.165, 1.54) is 11.3 Å². The van der Waals surface area contributed by atoms with Gasteiger partial charge in [0.1, 0.15) is 11.4 Å². The molecule has 0 aliphatic carbocycles. The topological polar surface area (TPSA) is 65.2 Å². The number of hydrogen-bond donors (Lipinski definition) is 1. The number of nitrogens with zero attached hydrogens (tertiary/aromatic N) is 1. The molecule has 1 aromatic heterocycles. The maximum absolute atomic E-state index is 11.5. The van der Waals surface area contributed by atoms with Crippen molar-refractivity contribution in [1.82, 2.24) is 4.98 Å². The highest BCUT2D eigenvalue weighted by Crippen LogP contribution is 2.21. The maximum Gasteiger partial charge on any atom is 0.368 e. The second-order valence-corrected chi connectivity index (χ2v) is 5.17. The minimum Gasteiger partial charge on any atom is -0.455 e. The standard InChI is InChI=1S/C9H14N2O2S/c1-5-6(10)11-7(14-5)8(12)13-9(2,3)4/h10H2,1-4H3. The fourth-order valence-corrected chi connectivity index (χ4v) is 1.53. The number of nitrogen functional groups attached to an aromatic ring is 1. The highest BCUT2D eigenvalue weighted by Gasteiger charge is 2.21. The Balaban J connectivity index is 2.80. The van der Waals surface area contributed by atoms with E-state index in [2.05, 4.69) is 4.98 Å². The molecule has 0 unspecified atom stereocenters. The van der Waals surface area contributed by atoms with E-state index < -0.39 is 11.6 Å². The number of ether oxygens (including phenoxy) is 1. The van der Waals surface area contributed by atoms with E-state index in [0.29, 0.717) is 10.8 Å². The molecule has 0 bridgehead atoms. The Morgan fingerprint density at radius 3 is 2.43 bits per heavy atom. The van der Waals surface area contributed by atoms with Crippen molar-refractivity contribution in [1.29, 1.82) is 0 Å². The second-order valence-electron chi connectivity index (χ2n) is 3.96. The number of esters is 1. The number of hydrogen-bond acceptors (Lipinski definition) is 5. The van der Waals surface area contributed by atoms with Crippen LogP contribution in [-0.2, 0) is 4.74 Å². The summed E-state index contributed by atoms with van der Waals surface area (Å²) in [6.07, 6.45) is 0. The van der Waals surface area contributed by atoms with Crippen LogP contribution in [0.25, 0.3) is 0 Å². The molecule has 0 aliphatic rings. The third-order valence-corrected chi connectivity index (χ3v) is 2.37. The number of thiazole rings is 1. The summed E-state index contributed by atoms with van der Waals surface area (Å²) in [6, 6.07) is 0. The lowest BCUT2D eigenvalue weighted by Gasteiger charge is -2.18. The Morgan fingerprint density at radius 1 is 1.50 bits per heavy atom. The van der Waals surface area contributed by atoms with Gasteiger partial charge in [0.25, 0.3) is 0 Å². The molecule has 0 spiro atoms. The molecule has 14 heavy (non-hydrogen) atoms. The van der Waals surface area contributed by atoms with Gasteiger partial charge >= 0.3 is 5.97 Å². The first-order chi connectivity index (χ1) is 6.29. The van der Waals surface area contributed by atoms with E-state index >= 15 is 0 Å². The van der Waals surface area contributed by atoms with E-state index in [1.807, 2.05) is 27.7 Å². The van der Waals surface area contributed by atoms with Gasteiger partial charge < -0.3 is 10.5 Å². The summed E-state index contributed by atoms with van der Waals surface area (Å²) in [4.78, 5) is 16.3. The second kappa shape index (κ2) is 3.57. The molecule has 0 aliphatic heterocycles. The van der Waals surface area contributed by atoms with Gasteiger partial charge in [0.15, 0.2) is 0 Å². The summed E-state index contributed by atoms with van der Waals surface area (Å²) in [6.45, 7) is 7.26. The van der Waals surface area contributed by atoms with Crippen LogP contribution in [0.2, 0.25) is 0 Å². The van der Waals surface area contributed by atoms with Gasteiger partial charge in [-0.2, -0.15) is 0 Å². The fourth-order valence-electron chi connectivity index (χ4n) is 0.817. The van der Waals surface area contributed by atoms with E-state index in [4.69, 9.17) is 10.5 Å². The summed E-state index contributed by atoms with van der Waals surface area (Å²) >= 11 is 1.25. The van der Waals surface area contributed by atoms with Gasteiger partial charge in [-0.1, -0.05) is 0 Å². The Hall–Kier alpha value is -1.10. The van der Waals surface area contributed by atoms with Gasteiger partial charge in [-0.05, 0) is 27.7 Å². The number of anilines is 1. The average molecular weight is 214 g/mol. The van der Waals surface area contributed by atoms with Gasteiger partial charge in [0, 0.05) is 4.88 Å². The SMILES string of the molecule is Cc1sc(C(=O)OC(C)(C)C)nc1N. The number of rotatable bonds is 1. The molecule has 1 rings (SSSR count). The third-order valence-electron chi connectivity index (χ3n) is 1.41. The van der Waals surface area contributed by atoms with Crippen LogP contribution < -0.4 is 5.73 Å². The van der Waals surface area contributed by atoms with Gasteiger partial charge in [0.05, 0.1) is 0 Å². The maximum atomic E-state index is 11.5. The van der Waals surface area contributed by atoms with Crippen LogP contribution in [0.5, 0.6) is 0 Å². The van der Waals surface area contributed by atoms with Gasteiger partial charge in [0.2, 0.25) is 5.01 Å². The molecule has 78 valence electrons. The summed E-state index contributed by atoms with van der Waals surface area (Å²) in [5.41, 5.74) is 5.04. The van der Waals surface area contributed by atoms with Crippen molar-refractivity contribution in [3.8, 4) is 0 Å². The van der Waals surface area contributed by atoms with Gasteiger partial charge in [-0.15, -0.1) is 11.3 Å². The number of aryl methyl sites for hydroxylation is 1. The van der Waals surface area contributed by atoms with Gasteiger partial charge in [-0.3, -0.25) is 0 Å². The minimum atomic E-state index is -0.495. The van der Waals surface area contributed by atoms with Crippen molar-refractivity contribution < 1.29 is 9.53 Å². The van der Waals surface area contributed by atoms with Crippen molar-refractivity contribution in [2.45, 2.75) is 33.3 Å². The van der Waals surface area contributed by atoms with Crippen LogP contribution >= 0.6 is 11.3 Å². The van der Waals surface area contributed by atoms with Crippen molar-refractivity contribution in [3.63, 3.8) is 0 Å². The zero-order valence-corrected chi connectivity index (χ0v) is 9.57. The molecule has 5 heteroatoms. The highest BCUT2D eigenvalue weighted by atomic mass is 32.1. The van der Waals surface area contributed by atoms with Crippen LogP contribution in [0.4, 0.5) is 5.82 Å². The predicted molar refractivity (Wildman–Crippen MR) is 56.4 cm³/mol. The zero-order valence-electron chi connectivity index (χ0n) is 8.75. The highest BCUT2D eigenvalue weighted by molar-refractivity contribution is 7.13. The fraction of sp³-hybridized carbons (Fsp3) is 0.556. The summed E-state index contributed by atoms with van der Waals surface area (Å²) in [7, 11) is 0. The van der Waals surface area contributed by atoms with Crippen LogP contribution in [0, 0.1) is 6.92 Å². The van der Waals surface area contributed by atoms with Crippen LogP contribution in [0.15, 0.2) is 0 Å². The van der Waals surface area contributed by atoms with Crippen LogP contribution in [-0.4, -0.2) is 16.6 Å². The minimum absolute atomic E-state index is 0.315. The number of carbonyl (C=O) groups is 1. The number of nitrogens with two attached hydrogens (primary N) is 1. The summed E-state index contributed by atoms with van der Waals surface area (Å²) in [5, 5.41) is 0.315. The first kappa shape index (κ1) is 11.0. The monoisotopic (exact) mass is 214 g/mol. The molecule has 0 aromatic carbocycles. The average Bonchev–Trinajstić information content (AvgIpc) is 2.28. The Kier molecular flexibility index (Phi) is 2.80. The third kappa shape index (κ3) is 2.70.